The van der Waals surface area contributed by atoms with Gasteiger partial charge in [-0.05, 0) is 49.9 Å². The van der Waals surface area contributed by atoms with Gasteiger partial charge in [0, 0.05) is 16.0 Å². The molecule has 2 heteroatoms. The van der Waals surface area contributed by atoms with Gasteiger partial charge in [-0.1, -0.05) is 28.8 Å². The van der Waals surface area contributed by atoms with E-state index in [1.165, 1.54) is 12.8 Å². The quantitative estimate of drug-likeness (QED) is 0.732. The molecule has 0 bridgehead atoms. The van der Waals surface area contributed by atoms with E-state index in [1.807, 2.05) is 26.0 Å². The van der Waals surface area contributed by atoms with Gasteiger partial charge in [-0.15, -0.1) is 0 Å². The summed E-state index contributed by atoms with van der Waals surface area (Å²) in [6.45, 7) is 4.09. The van der Waals surface area contributed by atoms with E-state index in [9.17, 15) is 4.79 Å². The number of carbonyl (C=O) groups excluding carboxylic acids is 1. The fourth-order valence-electron chi connectivity index (χ4n) is 2.51. The second-order valence-corrected chi connectivity index (χ2v) is 5.56. The van der Waals surface area contributed by atoms with E-state index in [1.54, 1.807) is 0 Å². The van der Waals surface area contributed by atoms with Crippen LogP contribution in [0.2, 0.25) is 0 Å². The lowest BCUT2D eigenvalue weighted by Gasteiger charge is -2.11. The summed E-state index contributed by atoms with van der Waals surface area (Å²) in [4.78, 5) is 12.2. The van der Waals surface area contributed by atoms with E-state index in [0.29, 0.717) is 5.78 Å². The van der Waals surface area contributed by atoms with E-state index in [4.69, 9.17) is 0 Å². The Balaban J connectivity index is 2.29. The maximum Gasteiger partial charge on any atom is 0.165 e. The zero-order valence-electron chi connectivity index (χ0n) is 9.85. The van der Waals surface area contributed by atoms with E-state index in [2.05, 4.69) is 15.9 Å². The van der Waals surface area contributed by atoms with Crippen LogP contribution in [0.25, 0.3) is 0 Å². The fraction of sp³-hybridized carbons (Fsp3) is 0.500. The molecular weight excluding hydrogens is 264 g/mol. The largest absolute Gasteiger partial charge is 0.294 e. The predicted octanol–water partition coefficient (Wildman–Crippen LogP) is 4.44. The Morgan fingerprint density at radius 2 is 1.69 bits per heavy atom. The average Bonchev–Trinajstić information content (AvgIpc) is 2.77. The third kappa shape index (κ3) is 2.22. The Hall–Kier alpha value is -0.630. The monoisotopic (exact) mass is 280 g/mol. The summed E-state index contributed by atoms with van der Waals surface area (Å²) in [6.07, 6.45) is 4.58. The van der Waals surface area contributed by atoms with Gasteiger partial charge in [-0.3, -0.25) is 4.79 Å². The van der Waals surface area contributed by atoms with E-state index in [-0.39, 0.29) is 5.92 Å². The zero-order valence-corrected chi connectivity index (χ0v) is 11.4. The molecule has 0 aromatic heterocycles. The SMILES string of the molecule is Cc1cc(C(=O)C2CCCC2)cc(C)c1Br. The van der Waals surface area contributed by atoms with Crippen molar-refractivity contribution >= 4 is 21.7 Å². The number of hydrogen-bond donors (Lipinski definition) is 0. The highest BCUT2D eigenvalue weighted by molar-refractivity contribution is 9.10. The first-order valence-electron chi connectivity index (χ1n) is 5.90. The van der Waals surface area contributed by atoms with Gasteiger partial charge in [-0.25, -0.2) is 0 Å². The Morgan fingerprint density at radius 3 is 2.19 bits per heavy atom. The predicted molar refractivity (Wildman–Crippen MR) is 69.9 cm³/mol. The van der Waals surface area contributed by atoms with Crippen molar-refractivity contribution < 1.29 is 4.79 Å². The summed E-state index contributed by atoms with van der Waals surface area (Å²) >= 11 is 3.53. The Labute approximate surface area is 105 Å². The van der Waals surface area contributed by atoms with E-state index < -0.39 is 0 Å². The molecule has 0 radical (unpaired) electrons. The van der Waals surface area contributed by atoms with Gasteiger partial charge < -0.3 is 0 Å². The van der Waals surface area contributed by atoms with Crippen molar-refractivity contribution in [3.8, 4) is 0 Å². The lowest BCUT2D eigenvalue weighted by molar-refractivity contribution is 0.0922. The second-order valence-electron chi connectivity index (χ2n) is 4.77. The molecule has 0 saturated heterocycles. The number of aryl methyl sites for hydroxylation is 2. The van der Waals surface area contributed by atoms with Crippen LogP contribution in [-0.4, -0.2) is 5.78 Å². The van der Waals surface area contributed by atoms with Crippen LogP contribution >= 0.6 is 15.9 Å². The van der Waals surface area contributed by atoms with Crippen LogP contribution in [0, 0.1) is 19.8 Å². The molecule has 0 unspecified atom stereocenters. The second kappa shape index (κ2) is 4.70. The van der Waals surface area contributed by atoms with Crippen LogP contribution in [0.3, 0.4) is 0 Å². The molecule has 1 aliphatic carbocycles. The molecule has 0 amide bonds. The van der Waals surface area contributed by atoms with Crippen molar-refractivity contribution in [2.75, 3.05) is 0 Å². The summed E-state index contributed by atoms with van der Waals surface area (Å²) in [5.74, 6) is 0.621. The van der Waals surface area contributed by atoms with Crippen LogP contribution in [0.15, 0.2) is 16.6 Å². The molecule has 1 fully saturated rings. The van der Waals surface area contributed by atoms with Crippen LogP contribution in [0.1, 0.15) is 47.2 Å². The van der Waals surface area contributed by atoms with Gasteiger partial charge >= 0.3 is 0 Å². The van der Waals surface area contributed by atoms with Gasteiger partial charge in [0.2, 0.25) is 0 Å². The minimum Gasteiger partial charge on any atom is -0.294 e. The summed E-state index contributed by atoms with van der Waals surface area (Å²) in [5, 5.41) is 0. The van der Waals surface area contributed by atoms with Gasteiger partial charge in [0.25, 0.3) is 0 Å². The molecule has 2 rings (SSSR count). The third-order valence-electron chi connectivity index (χ3n) is 3.45. The number of carbonyl (C=O) groups is 1. The number of halogens is 1. The molecule has 0 spiro atoms. The Morgan fingerprint density at radius 1 is 1.19 bits per heavy atom. The van der Waals surface area contributed by atoms with Gasteiger partial charge in [-0.2, -0.15) is 0 Å². The summed E-state index contributed by atoms with van der Waals surface area (Å²) in [5.41, 5.74) is 3.20. The lowest BCUT2D eigenvalue weighted by atomic mass is 9.94. The van der Waals surface area contributed by atoms with E-state index in [0.717, 1.165) is 34.0 Å². The van der Waals surface area contributed by atoms with Crippen molar-refractivity contribution in [1.82, 2.24) is 0 Å². The molecule has 86 valence electrons. The highest BCUT2D eigenvalue weighted by atomic mass is 79.9. The minimum absolute atomic E-state index is 0.278. The average molecular weight is 281 g/mol. The Bertz CT molecular complexity index is 394. The molecule has 0 aliphatic heterocycles. The summed E-state index contributed by atoms with van der Waals surface area (Å²) < 4.78 is 1.12. The molecule has 1 saturated carbocycles. The molecule has 16 heavy (non-hydrogen) atoms. The molecule has 1 aromatic rings. The normalized spacial score (nSPS) is 16.7. The minimum atomic E-state index is 0.278. The number of ketones is 1. The third-order valence-corrected chi connectivity index (χ3v) is 4.70. The summed E-state index contributed by atoms with van der Waals surface area (Å²) in [6, 6.07) is 4.02. The molecule has 1 aromatic carbocycles. The molecule has 1 nitrogen and oxygen atoms in total. The highest BCUT2D eigenvalue weighted by Crippen LogP contribution is 2.30. The first-order valence-corrected chi connectivity index (χ1v) is 6.70. The van der Waals surface area contributed by atoms with Crippen LogP contribution < -0.4 is 0 Å². The first-order chi connectivity index (χ1) is 7.59. The van der Waals surface area contributed by atoms with Crippen molar-refractivity contribution in [1.29, 1.82) is 0 Å². The molecule has 1 aliphatic rings. The van der Waals surface area contributed by atoms with Crippen molar-refractivity contribution in [2.45, 2.75) is 39.5 Å². The van der Waals surface area contributed by atoms with Crippen LogP contribution in [-0.2, 0) is 0 Å². The number of hydrogen-bond acceptors (Lipinski definition) is 1. The lowest BCUT2D eigenvalue weighted by Crippen LogP contribution is -2.11. The standard InChI is InChI=1S/C14H17BrO/c1-9-7-12(8-10(2)13(9)15)14(16)11-5-3-4-6-11/h7-8,11H,3-6H2,1-2H3. The van der Waals surface area contributed by atoms with Crippen molar-refractivity contribution in [2.24, 2.45) is 5.92 Å². The zero-order chi connectivity index (χ0) is 11.7. The smallest absolute Gasteiger partial charge is 0.165 e. The Kier molecular flexibility index (Phi) is 3.48. The molecular formula is C14H17BrO. The molecule has 0 N–H and O–H groups in total. The highest BCUT2D eigenvalue weighted by Gasteiger charge is 2.24. The number of rotatable bonds is 2. The van der Waals surface area contributed by atoms with Gasteiger partial charge in [0.1, 0.15) is 0 Å². The van der Waals surface area contributed by atoms with Crippen LogP contribution in [0.5, 0.6) is 0 Å². The van der Waals surface area contributed by atoms with Gasteiger partial charge in [0.05, 0.1) is 0 Å². The molecule has 0 heterocycles. The topological polar surface area (TPSA) is 17.1 Å². The maximum atomic E-state index is 12.2. The fourth-order valence-corrected chi connectivity index (χ4v) is 2.74. The maximum absolute atomic E-state index is 12.2. The summed E-state index contributed by atoms with van der Waals surface area (Å²) in [7, 11) is 0. The van der Waals surface area contributed by atoms with Crippen molar-refractivity contribution in [3.05, 3.63) is 33.3 Å². The van der Waals surface area contributed by atoms with Gasteiger partial charge in [0.15, 0.2) is 5.78 Å². The first kappa shape index (κ1) is 11.8. The number of Topliss-reactive ketones (excluding diaryl/α,β-unsaturated/α-hetero) is 1. The van der Waals surface area contributed by atoms with E-state index >= 15 is 0 Å². The van der Waals surface area contributed by atoms with Crippen LogP contribution in [0.4, 0.5) is 0 Å². The number of benzene rings is 1. The molecule has 0 atom stereocenters. The van der Waals surface area contributed by atoms with Crippen molar-refractivity contribution in [3.63, 3.8) is 0 Å².